The van der Waals surface area contributed by atoms with Crippen molar-refractivity contribution >= 4 is 12.6 Å². The van der Waals surface area contributed by atoms with Crippen molar-refractivity contribution in [3.63, 3.8) is 0 Å². The van der Waals surface area contributed by atoms with Crippen LogP contribution in [0.5, 0.6) is 0 Å². The Bertz CT molecular complexity index is 595. The van der Waals surface area contributed by atoms with Crippen LogP contribution < -0.4 is 5.46 Å². The summed E-state index contributed by atoms with van der Waals surface area (Å²) < 4.78 is 64.3. The van der Waals surface area contributed by atoms with Gasteiger partial charge >= 0.3 is 13.3 Å². The minimum Gasteiger partial charge on any atom is -0.399 e. The van der Waals surface area contributed by atoms with Gasteiger partial charge in [-0.25, -0.2) is 4.39 Å². The van der Waals surface area contributed by atoms with E-state index in [9.17, 15) is 22.7 Å². The Morgan fingerprint density at radius 3 is 1.96 bits per heavy atom. The summed E-state index contributed by atoms with van der Waals surface area (Å²) >= 11 is 0. The van der Waals surface area contributed by atoms with Crippen LogP contribution in [0.3, 0.4) is 0 Å². The first-order chi connectivity index (χ1) is 10.2. The zero-order chi connectivity index (χ0) is 17.8. The highest BCUT2D eigenvalue weighted by Gasteiger charge is 2.54. The lowest BCUT2D eigenvalue weighted by Crippen LogP contribution is -2.42. The molecule has 0 radical (unpaired) electrons. The number of aliphatic hydroxyl groups is 1. The number of halogens is 4. The lowest BCUT2D eigenvalue weighted by molar-refractivity contribution is -0.258. The van der Waals surface area contributed by atoms with Gasteiger partial charge in [0.05, 0.1) is 11.2 Å². The molecule has 2 rings (SSSR count). The molecule has 1 aromatic rings. The van der Waals surface area contributed by atoms with Gasteiger partial charge in [0.2, 0.25) is 0 Å². The van der Waals surface area contributed by atoms with Gasteiger partial charge in [0.25, 0.3) is 0 Å². The molecule has 8 heteroatoms. The molecule has 1 aromatic carbocycles. The average molecular weight is 334 g/mol. The third-order valence-electron chi connectivity index (χ3n) is 4.62. The molecule has 1 saturated heterocycles. The molecule has 1 atom stereocenters. The molecule has 128 valence electrons. The molecule has 1 fully saturated rings. The van der Waals surface area contributed by atoms with Crippen molar-refractivity contribution in [1.82, 2.24) is 0 Å². The monoisotopic (exact) mass is 334 g/mol. The van der Waals surface area contributed by atoms with E-state index < -0.39 is 41.5 Å². The second-order valence-corrected chi connectivity index (χ2v) is 6.89. The maximum atomic E-state index is 14.1. The second-order valence-electron chi connectivity index (χ2n) is 6.89. The van der Waals surface area contributed by atoms with Gasteiger partial charge in [-0.1, -0.05) is 12.1 Å². The molecule has 0 amide bonds. The number of alkyl halides is 3. The molecule has 1 heterocycles. The standard InChI is InChI=1S/C15H19BF4O3/c1-12(2)13(3,4)23-16(22-12)10-8-9(6-7-11(10)17)14(5,21)15(18,19)20/h6-8,21H,1-5H3. The Balaban J connectivity index is 2.45. The summed E-state index contributed by atoms with van der Waals surface area (Å²) in [7, 11) is -1.15. The maximum Gasteiger partial charge on any atom is 0.497 e. The van der Waals surface area contributed by atoms with E-state index in [0.29, 0.717) is 6.92 Å². The van der Waals surface area contributed by atoms with Crippen LogP contribution in [-0.4, -0.2) is 29.6 Å². The Labute approximate surface area is 132 Å². The van der Waals surface area contributed by atoms with Crippen LogP contribution in [0.1, 0.15) is 40.2 Å². The summed E-state index contributed by atoms with van der Waals surface area (Å²) in [5.74, 6) is -0.759. The van der Waals surface area contributed by atoms with E-state index in [1.807, 2.05) is 0 Å². The summed E-state index contributed by atoms with van der Waals surface area (Å²) in [4.78, 5) is 0. The lowest BCUT2D eigenvalue weighted by Gasteiger charge is -2.32. The van der Waals surface area contributed by atoms with Crippen LogP contribution in [0, 0.1) is 5.82 Å². The van der Waals surface area contributed by atoms with Gasteiger partial charge in [-0.05, 0) is 46.2 Å². The molecule has 0 aromatic heterocycles. The quantitative estimate of drug-likeness (QED) is 0.668. The zero-order valence-corrected chi connectivity index (χ0v) is 13.6. The molecule has 0 bridgehead atoms. The fourth-order valence-corrected chi connectivity index (χ4v) is 2.16. The molecule has 1 aliphatic rings. The SMILES string of the molecule is CC1(C)OB(c2cc(C(C)(O)C(F)(F)F)ccc2F)OC1(C)C. The van der Waals surface area contributed by atoms with Gasteiger partial charge in [0.1, 0.15) is 5.82 Å². The molecule has 0 aliphatic carbocycles. The molecular formula is C15H19BF4O3. The zero-order valence-electron chi connectivity index (χ0n) is 13.6. The van der Waals surface area contributed by atoms with E-state index >= 15 is 0 Å². The fraction of sp³-hybridized carbons (Fsp3) is 0.600. The minimum atomic E-state index is -4.89. The highest BCUT2D eigenvalue weighted by Crippen LogP contribution is 2.39. The van der Waals surface area contributed by atoms with Crippen molar-refractivity contribution in [3.05, 3.63) is 29.6 Å². The van der Waals surface area contributed by atoms with Gasteiger partial charge in [-0.3, -0.25) is 0 Å². The predicted molar refractivity (Wildman–Crippen MR) is 77.7 cm³/mol. The van der Waals surface area contributed by atoms with Crippen molar-refractivity contribution in [1.29, 1.82) is 0 Å². The summed E-state index contributed by atoms with van der Waals surface area (Å²) in [5, 5.41) is 9.76. The molecule has 1 N–H and O–H groups in total. The minimum absolute atomic E-state index is 0.175. The lowest BCUT2D eigenvalue weighted by atomic mass is 9.76. The van der Waals surface area contributed by atoms with E-state index in [0.717, 1.165) is 18.2 Å². The first kappa shape index (κ1) is 18.2. The molecule has 3 nitrogen and oxygen atoms in total. The molecule has 23 heavy (non-hydrogen) atoms. The van der Waals surface area contributed by atoms with E-state index in [-0.39, 0.29) is 5.46 Å². The Morgan fingerprint density at radius 2 is 1.52 bits per heavy atom. The van der Waals surface area contributed by atoms with Crippen molar-refractivity contribution in [2.24, 2.45) is 0 Å². The van der Waals surface area contributed by atoms with Gasteiger partial charge in [-0.15, -0.1) is 0 Å². The number of hydrogen-bond donors (Lipinski definition) is 1. The van der Waals surface area contributed by atoms with E-state index in [1.54, 1.807) is 27.7 Å². The van der Waals surface area contributed by atoms with E-state index in [4.69, 9.17) is 9.31 Å². The van der Waals surface area contributed by atoms with Crippen LogP contribution in [0.4, 0.5) is 17.6 Å². The first-order valence-electron chi connectivity index (χ1n) is 7.14. The fourth-order valence-electron chi connectivity index (χ4n) is 2.16. The van der Waals surface area contributed by atoms with Gasteiger partial charge in [-0.2, -0.15) is 13.2 Å². The summed E-state index contributed by atoms with van der Waals surface area (Å²) in [6.45, 7) is 7.62. The molecule has 1 unspecified atom stereocenters. The largest absolute Gasteiger partial charge is 0.497 e. The smallest absolute Gasteiger partial charge is 0.399 e. The van der Waals surface area contributed by atoms with Crippen LogP contribution in [-0.2, 0) is 14.9 Å². The van der Waals surface area contributed by atoms with Crippen LogP contribution in [0.2, 0.25) is 0 Å². The highest BCUT2D eigenvalue weighted by molar-refractivity contribution is 6.62. The highest BCUT2D eigenvalue weighted by atomic mass is 19.4. The molecular weight excluding hydrogens is 315 g/mol. The Hall–Kier alpha value is -1.12. The maximum absolute atomic E-state index is 14.1. The normalized spacial score (nSPS) is 23.0. The molecule has 0 spiro atoms. The van der Waals surface area contributed by atoms with E-state index in [1.165, 1.54) is 0 Å². The van der Waals surface area contributed by atoms with Gasteiger partial charge in [0.15, 0.2) is 5.60 Å². The number of hydrogen-bond acceptors (Lipinski definition) is 3. The Morgan fingerprint density at radius 1 is 1.04 bits per heavy atom. The second kappa shape index (κ2) is 5.19. The number of benzene rings is 1. The summed E-state index contributed by atoms with van der Waals surface area (Å²) in [5.41, 5.74) is -5.26. The molecule has 1 aliphatic heterocycles. The molecule has 0 saturated carbocycles. The summed E-state index contributed by atoms with van der Waals surface area (Å²) in [6.07, 6.45) is -4.89. The predicted octanol–water partition coefficient (Wildman–Crippen LogP) is 2.89. The van der Waals surface area contributed by atoms with Crippen molar-refractivity contribution in [2.75, 3.05) is 0 Å². The van der Waals surface area contributed by atoms with Crippen molar-refractivity contribution in [2.45, 2.75) is 57.6 Å². The van der Waals surface area contributed by atoms with E-state index in [2.05, 4.69) is 0 Å². The van der Waals surface area contributed by atoms with Gasteiger partial charge < -0.3 is 14.4 Å². The first-order valence-corrected chi connectivity index (χ1v) is 7.14. The van der Waals surface area contributed by atoms with Crippen LogP contribution >= 0.6 is 0 Å². The van der Waals surface area contributed by atoms with Crippen LogP contribution in [0.15, 0.2) is 18.2 Å². The summed E-state index contributed by atoms with van der Waals surface area (Å²) in [6, 6.07) is 2.71. The Kier molecular flexibility index (Phi) is 4.11. The topological polar surface area (TPSA) is 38.7 Å². The van der Waals surface area contributed by atoms with Crippen LogP contribution in [0.25, 0.3) is 0 Å². The van der Waals surface area contributed by atoms with Crippen molar-refractivity contribution in [3.8, 4) is 0 Å². The number of rotatable bonds is 2. The third kappa shape index (κ3) is 2.99. The van der Waals surface area contributed by atoms with Gasteiger partial charge in [0, 0.05) is 5.46 Å². The van der Waals surface area contributed by atoms with Crippen molar-refractivity contribution < 1.29 is 32.0 Å². The third-order valence-corrected chi connectivity index (χ3v) is 4.62. The average Bonchev–Trinajstić information content (AvgIpc) is 2.57.